The van der Waals surface area contributed by atoms with Crippen LogP contribution >= 0.6 is 0 Å². The SMILES string of the molecule is CNCC1CCN(C(=O)c2cccc(S(=O)(=O)N3CCCCCC3)c2)CC1. The summed E-state index contributed by atoms with van der Waals surface area (Å²) >= 11 is 0. The van der Waals surface area contributed by atoms with Gasteiger partial charge < -0.3 is 10.2 Å². The van der Waals surface area contributed by atoms with Crippen molar-refractivity contribution in [1.82, 2.24) is 14.5 Å². The predicted molar refractivity (Wildman–Crippen MR) is 106 cm³/mol. The first-order valence-electron chi connectivity index (χ1n) is 10.1. The summed E-state index contributed by atoms with van der Waals surface area (Å²) in [5.74, 6) is 0.541. The molecule has 0 aromatic heterocycles. The van der Waals surface area contributed by atoms with Gasteiger partial charge in [0.1, 0.15) is 0 Å². The van der Waals surface area contributed by atoms with Gasteiger partial charge in [0.2, 0.25) is 10.0 Å². The van der Waals surface area contributed by atoms with Crippen LogP contribution in [0.4, 0.5) is 0 Å². The summed E-state index contributed by atoms with van der Waals surface area (Å²) in [6, 6.07) is 6.58. The number of rotatable bonds is 5. The van der Waals surface area contributed by atoms with Crippen molar-refractivity contribution in [2.45, 2.75) is 43.4 Å². The van der Waals surface area contributed by atoms with Crippen LogP contribution in [0.25, 0.3) is 0 Å². The Hall–Kier alpha value is -1.44. The average Bonchev–Trinajstić information content (AvgIpc) is 2.98. The van der Waals surface area contributed by atoms with Crippen molar-refractivity contribution in [2.75, 3.05) is 39.8 Å². The van der Waals surface area contributed by atoms with Crippen LogP contribution in [-0.4, -0.2) is 63.3 Å². The van der Waals surface area contributed by atoms with E-state index in [0.29, 0.717) is 24.6 Å². The van der Waals surface area contributed by atoms with Gasteiger partial charge in [-0.05, 0) is 63.4 Å². The summed E-state index contributed by atoms with van der Waals surface area (Å²) in [6.07, 6.45) is 5.93. The number of carbonyl (C=O) groups is 1. The molecule has 7 heteroatoms. The van der Waals surface area contributed by atoms with Gasteiger partial charge in [0.05, 0.1) is 4.90 Å². The van der Waals surface area contributed by atoms with Crippen LogP contribution in [0, 0.1) is 5.92 Å². The Balaban J connectivity index is 1.72. The topological polar surface area (TPSA) is 69.7 Å². The van der Waals surface area contributed by atoms with Crippen molar-refractivity contribution < 1.29 is 13.2 Å². The molecule has 0 unspecified atom stereocenters. The molecule has 0 atom stereocenters. The van der Waals surface area contributed by atoms with E-state index in [9.17, 15) is 13.2 Å². The van der Waals surface area contributed by atoms with Crippen LogP contribution in [0.15, 0.2) is 29.2 Å². The van der Waals surface area contributed by atoms with E-state index in [0.717, 1.165) is 58.2 Å². The highest BCUT2D eigenvalue weighted by atomic mass is 32.2. The maximum Gasteiger partial charge on any atom is 0.253 e. The van der Waals surface area contributed by atoms with E-state index < -0.39 is 10.0 Å². The third-order valence-corrected chi connectivity index (χ3v) is 7.57. The van der Waals surface area contributed by atoms with Crippen LogP contribution in [0.3, 0.4) is 0 Å². The third-order valence-electron chi connectivity index (χ3n) is 5.68. The van der Waals surface area contributed by atoms with Crippen molar-refractivity contribution >= 4 is 15.9 Å². The molecule has 0 radical (unpaired) electrons. The van der Waals surface area contributed by atoms with Gasteiger partial charge in [-0.15, -0.1) is 0 Å². The minimum absolute atomic E-state index is 0.0641. The minimum Gasteiger partial charge on any atom is -0.339 e. The summed E-state index contributed by atoms with van der Waals surface area (Å²) in [5, 5.41) is 3.20. The molecule has 6 nitrogen and oxygen atoms in total. The average molecular weight is 394 g/mol. The fourth-order valence-corrected chi connectivity index (χ4v) is 5.60. The van der Waals surface area contributed by atoms with Crippen molar-refractivity contribution in [3.8, 4) is 0 Å². The molecule has 1 aromatic rings. The van der Waals surface area contributed by atoms with Gasteiger partial charge in [0.25, 0.3) is 5.91 Å². The molecule has 2 saturated heterocycles. The summed E-state index contributed by atoms with van der Waals surface area (Å²) < 4.78 is 27.6. The summed E-state index contributed by atoms with van der Waals surface area (Å²) in [6.45, 7) is 3.58. The maximum absolute atomic E-state index is 13.0. The smallest absolute Gasteiger partial charge is 0.253 e. The lowest BCUT2D eigenvalue weighted by molar-refractivity contribution is 0.0690. The highest BCUT2D eigenvalue weighted by Crippen LogP contribution is 2.23. The van der Waals surface area contributed by atoms with Crippen molar-refractivity contribution in [2.24, 2.45) is 5.92 Å². The minimum atomic E-state index is -3.53. The van der Waals surface area contributed by atoms with Crippen LogP contribution in [0.5, 0.6) is 0 Å². The van der Waals surface area contributed by atoms with E-state index in [1.165, 1.54) is 0 Å². The van der Waals surface area contributed by atoms with Crippen LogP contribution in [0.2, 0.25) is 0 Å². The first kappa shape index (κ1) is 20.3. The van der Waals surface area contributed by atoms with E-state index in [1.807, 2.05) is 11.9 Å². The highest BCUT2D eigenvalue weighted by molar-refractivity contribution is 7.89. The number of likely N-dealkylation sites (tertiary alicyclic amines) is 1. The molecular weight excluding hydrogens is 362 g/mol. The van der Waals surface area contributed by atoms with E-state index in [4.69, 9.17) is 0 Å². The normalized spacial score (nSPS) is 20.4. The molecule has 3 rings (SSSR count). The standard InChI is InChI=1S/C20H31N3O3S/c1-21-16-17-9-13-22(14-10-17)20(24)18-7-6-8-19(15-18)27(25,26)23-11-4-2-3-5-12-23/h6-8,15,17,21H,2-5,9-14,16H2,1H3. The van der Waals surface area contributed by atoms with E-state index >= 15 is 0 Å². The van der Waals surface area contributed by atoms with Gasteiger partial charge in [-0.25, -0.2) is 8.42 Å². The Kier molecular flexibility index (Phi) is 6.89. The van der Waals surface area contributed by atoms with Crippen LogP contribution in [0.1, 0.15) is 48.9 Å². The number of benzene rings is 1. The van der Waals surface area contributed by atoms with Gasteiger partial charge in [0.15, 0.2) is 0 Å². The van der Waals surface area contributed by atoms with E-state index in [2.05, 4.69) is 5.32 Å². The molecule has 1 aromatic carbocycles. The summed E-state index contributed by atoms with van der Waals surface area (Å²) in [5.41, 5.74) is 0.470. The molecule has 27 heavy (non-hydrogen) atoms. The van der Waals surface area contributed by atoms with Gasteiger partial charge in [-0.1, -0.05) is 18.9 Å². The molecule has 0 saturated carbocycles. The first-order valence-corrected chi connectivity index (χ1v) is 11.5. The lowest BCUT2D eigenvalue weighted by Crippen LogP contribution is -2.40. The molecule has 0 spiro atoms. The Morgan fingerprint density at radius 2 is 1.74 bits per heavy atom. The zero-order valence-electron chi connectivity index (χ0n) is 16.2. The summed E-state index contributed by atoms with van der Waals surface area (Å²) in [4.78, 5) is 15.0. The molecule has 0 aliphatic carbocycles. The first-order chi connectivity index (χ1) is 13.0. The van der Waals surface area contributed by atoms with Gasteiger partial charge >= 0.3 is 0 Å². The van der Waals surface area contributed by atoms with Crippen molar-refractivity contribution in [3.05, 3.63) is 29.8 Å². The summed E-state index contributed by atoms with van der Waals surface area (Å²) in [7, 11) is -1.58. The highest BCUT2D eigenvalue weighted by Gasteiger charge is 2.27. The molecule has 2 aliphatic heterocycles. The number of sulfonamides is 1. The number of piperidine rings is 1. The quantitative estimate of drug-likeness (QED) is 0.834. The lowest BCUT2D eigenvalue weighted by Gasteiger charge is -2.32. The molecule has 1 N–H and O–H groups in total. The second-order valence-corrected chi connectivity index (χ2v) is 9.58. The largest absolute Gasteiger partial charge is 0.339 e. The molecular formula is C20H31N3O3S. The Labute approximate surface area is 163 Å². The molecule has 2 heterocycles. The second-order valence-electron chi connectivity index (χ2n) is 7.64. The number of hydrogen-bond donors (Lipinski definition) is 1. The lowest BCUT2D eigenvalue weighted by atomic mass is 9.96. The Morgan fingerprint density at radius 1 is 1.07 bits per heavy atom. The van der Waals surface area contributed by atoms with E-state index in [-0.39, 0.29) is 10.8 Å². The fraction of sp³-hybridized carbons (Fsp3) is 0.650. The third kappa shape index (κ3) is 4.89. The Morgan fingerprint density at radius 3 is 2.37 bits per heavy atom. The number of amides is 1. The molecule has 1 amide bonds. The van der Waals surface area contributed by atoms with Crippen LogP contribution in [-0.2, 0) is 10.0 Å². The van der Waals surface area contributed by atoms with Gasteiger partial charge in [0, 0.05) is 31.7 Å². The molecule has 0 bridgehead atoms. The second kappa shape index (κ2) is 9.17. The zero-order valence-corrected chi connectivity index (χ0v) is 17.0. The number of nitrogens with one attached hydrogen (secondary N) is 1. The predicted octanol–water partition coefficient (Wildman–Crippen LogP) is 2.32. The molecule has 150 valence electrons. The maximum atomic E-state index is 13.0. The number of carbonyl (C=O) groups excluding carboxylic acids is 1. The Bertz CT molecular complexity index is 735. The number of hydrogen-bond acceptors (Lipinski definition) is 4. The van der Waals surface area contributed by atoms with Crippen LogP contribution < -0.4 is 5.32 Å². The fourth-order valence-electron chi connectivity index (χ4n) is 4.03. The van der Waals surface area contributed by atoms with E-state index in [1.54, 1.807) is 28.6 Å². The molecule has 2 aliphatic rings. The monoisotopic (exact) mass is 393 g/mol. The van der Waals surface area contributed by atoms with Gasteiger partial charge in [-0.2, -0.15) is 4.31 Å². The zero-order chi connectivity index (χ0) is 19.3. The van der Waals surface area contributed by atoms with Gasteiger partial charge in [-0.3, -0.25) is 4.79 Å². The van der Waals surface area contributed by atoms with Crippen molar-refractivity contribution in [3.63, 3.8) is 0 Å². The molecule has 2 fully saturated rings. The van der Waals surface area contributed by atoms with Crippen molar-refractivity contribution in [1.29, 1.82) is 0 Å². The number of nitrogens with zero attached hydrogens (tertiary/aromatic N) is 2.